The molecule has 3 N–H and O–H groups in total. The van der Waals surface area contributed by atoms with E-state index >= 15 is 0 Å². The fourth-order valence-corrected chi connectivity index (χ4v) is 4.55. The van der Waals surface area contributed by atoms with Crippen molar-refractivity contribution in [3.63, 3.8) is 0 Å². The molecule has 6 rings (SSSR count). The van der Waals surface area contributed by atoms with Crippen molar-refractivity contribution in [2.24, 2.45) is 0 Å². The number of carbonyl (C=O) groups excluding carboxylic acids is 1. The number of nitrogens with one attached hydrogen (secondary N) is 3. The number of carbonyl (C=O) groups is 1. The van der Waals surface area contributed by atoms with Crippen LogP contribution in [-0.4, -0.2) is 66.6 Å². The topological polar surface area (TPSA) is 128 Å². The van der Waals surface area contributed by atoms with Crippen molar-refractivity contribution in [1.29, 1.82) is 0 Å². The van der Waals surface area contributed by atoms with E-state index in [-0.39, 0.29) is 18.3 Å². The monoisotopic (exact) mass is 521 g/mol. The maximum absolute atomic E-state index is 14.1. The van der Waals surface area contributed by atoms with Gasteiger partial charge in [-0.3, -0.25) is 19.9 Å². The van der Waals surface area contributed by atoms with Crippen molar-refractivity contribution in [2.75, 3.05) is 26.0 Å². The zero-order valence-corrected chi connectivity index (χ0v) is 21.5. The van der Waals surface area contributed by atoms with Gasteiger partial charge in [0.1, 0.15) is 11.5 Å². The van der Waals surface area contributed by atoms with Gasteiger partial charge in [0.05, 0.1) is 41.4 Å². The molecule has 1 aromatic carbocycles. The van der Waals surface area contributed by atoms with Crippen molar-refractivity contribution in [2.45, 2.75) is 6.92 Å². The van der Waals surface area contributed by atoms with E-state index < -0.39 is 0 Å². The third-order valence-electron chi connectivity index (χ3n) is 6.19. The third kappa shape index (κ3) is 4.82. The van der Waals surface area contributed by atoms with Gasteiger partial charge in [-0.1, -0.05) is 6.07 Å². The molecule has 0 aliphatic heterocycles. The molecule has 0 spiro atoms. The maximum Gasteiger partial charge on any atom is 0.238 e. The molecule has 0 bridgehead atoms. The number of aromatic amines is 2. The summed E-state index contributed by atoms with van der Waals surface area (Å²) < 4.78 is 14.1. The van der Waals surface area contributed by atoms with Crippen LogP contribution in [-0.2, 0) is 4.79 Å². The fourth-order valence-electron chi connectivity index (χ4n) is 4.55. The number of hydrogen-bond donors (Lipinski definition) is 3. The Kier molecular flexibility index (Phi) is 6.04. The summed E-state index contributed by atoms with van der Waals surface area (Å²) in [6.07, 6.45) is 6.64. The van der Waals surface area contributed by atoms with Crippen LogP contribution in [0.1, 0.15) is 5.56 Å². The molecule has 39 heavy (non-hydrogen) atoms. The van der Waals surface area contributed by atoms with Crippen LogP contribution >= 0.6 is 0 Å². The SMILES string of the molecule is Cc1cc(F)cc(-c2ccnc3nc(-c4n[nH]c5cnc(-c6cncc(NC(=O)CN(C)C)c6)cc45)[nH]c23)c1. The van der Waals surface area contributed by atoms with Gasteiger partial charge < -0.3 is 15.2 Å². The Morgan fingerprint density at radius 2 is 1.92 bits per heavy atom. The van der Waals surface area contributed by atoms with Crippen molar-refractivity contribution in [3.05, 3.63) is 72.6 Å². The number of aryl methyl sites for hydroxylation is 1. The molecule has 11 heteroatoms. The Hall–Kier alpha value is -5.03. The summed E-state index contributed by atoms with van der Waals surface area (Å²) >= 11 is 0. The number of halogens is 1. The lowest BCUT2D eigenvalue weighted by Gasteiger charge is -2.10. The maximum atomic E-state index is 14.1. The first-order valence-electron chi connectivity index (χ1n) is 12.2. The molecule has 194 valence electrons. The summed E-state index contributed by atoms with van der Waals surface area (Å²) in [4.78, 5) is 35.2. The first-order chi connectivity index (χ1) is 18.8. The Balaban J connectivity index is 1.39. The van der Waals surface area contributed by atoms with Crippen molar-refractivity contribution >= 4 is 33.7 Å². The van der Waals surface area contributed by atoms with Gasteiger partial charge in [0.25, 0.3) is 0 Å². The fraction of sp³-hybridized carbons (Fsp3) is 0.143. The number of anilines is 1. The zero-order valence-electron chi connectivity index (χ0n) is 21.5. The minimum absolute atomic E-state index is 0.134. The van der Waals surface area contributed by atoms with Crippen LogP contribution in [0.5, 0.6) is 0 Å². The van der Waals surface area contributed by atoms with Crippen LogP contribution in [0.15, 0.2) is 61.2 Å². The molecule has 0 fully saturated rings. The van der Waals surface area contributed by atoms with Gasteiger partial charge in [-0.25, -0.2) is 14.4 Å². The molecule has 5 aromatic heterocycles. The van der Waals surface area contributed by atoms with Crippen LogP contribution in [0.4, 0.5) is 10.1 Å². The summed E-state index contributed by atoms with van der Waals surface area (Å²) in [6, 6.07) is 10.5. The number of nitrogens with zero attached hydrogens (tertiary/aromatic N) is 6. The standard InChI is InChI=1S/C28H24FN9O/c1-15-6-16(8-18(29)7-15)20-4-5-31-27-25(20)34-28(35-27)26-21-10-22(32-13-23(21)36-37-26)17-9-19(12-30-11-17)33-24(39)14-38(2)3/h4-13H,14H2,1-3H3,(H,33,39)(H,36,37)(H,31,34,35). The van der Waals surface area contributed by atoms with Crippen LogP contribution in [0, 0.1) is 12.7 Å². The summed E-state index contributed by atoms with van der Waals surface area (Å²) in [5.41, 5.74) is 6.84. The molecule has 1 amide bonds. The number of hydrogen-bond acceptors (Lipinski definition) is 7. The highest BCUT2D eigenvalue weighted by Crippen LogP contribution is 2.32. The van der Waals surface area contributed by atoms with Crippen LogP contribution < -0.4 is 5.32 Å². The normalized spacial score (nSPS) is 11.5. The average Bonchev–Trinajstić information content (AvgIpc) is 3.51. The number of benzene rings is 1. The molecule has 5 heterocycles. The van der Waals surface area contributed by atoms with Crippen molar-refractivity contribution in [1.82, 2.24) is 40.0 Å². The number of aromatic nitrogens is 7. The zero-order chi connectivity index (χ0) is 27.1. The lowest BCUT2D eigenvalue weighted by molar-refractivity contribution is -0.116. The molecule has 0 saturated heterocycles. The van der Waals surface area contributed by atoms with Gasteiger partial charge in [-0.2, -0.15) is 5.10 Å². The van der Waals surface area contributed by atoms with E-state index in [1.807, 2.05) is 45.3 Å². The molecule has 0 unspecified atom stereocenters. The highest BCUT2D eigenvalue weighted by atomic mass is 19.1. The van der Waals surface area contributed by atoms with E-state index in [9.17, 15) is 9.18 Å². The second kappa shape index (κ2) is 9.69. The number of H-pyrrole nitrogens is 2. The van der Waals surface area contributed by atoms with E-state index in [0.29, 0.717) is 34.1 Å². The first-order valence-corrected chi connectivity index (χ1v) is 12.2. The van der Waals surface area contributed by atoms with Gasteiger partial charge >= 0.3 is 0 Å². The smallest absolute Gasteiger partial charge is 0.238 e. The Bertz CT molecular complexity index is 1840. The molecular formula is C28H24FN9O. The minimum atomic E-state index is -0.302. The molecule has 0 saturated carbocycles. The summed E-state index contributed by atoms with van der Waals surface area (Å²) in [7, 11) is 3.66. The van der Waals surface area contributed by atoms with Crippen LogP contribution in [0.2, 0.25) is 0 Å². The lowest BCUT2D eigenvalue weighted by atomic mass is 10.0. The Morgan fingerprint density at radius 1 is 1.05 bits per heavy atom. The molecule has 0 aliphatic carbocycles. The predicted octanol–water partition coefficient (Wildman–Crippen LogP) is 4.57. The van der Waals surface area contributed by atoms with Crippen LogP contribution in [0.25, 0.3) is 56.0 Å². The van der Waals surface area contributed by atoms with Crippen molar-refractivity contribution < 1.29 is 9.18 Å². The predicted molar refractivity (Wildman–Crippen MR) is 147 cm³/mol. The number of pyridine rings is 3. The average molecular weight is 522 g/mol. The van der Waals surface area contributed by atoms with Gasteiger partial charge in [-0.15, -0.1) is 0 Å². The van der Waals surface area contributed by atoms with E-state index in [1.165, 1.54) is 12.1 Å². The second-order valence-corrected chi connectivity index (χ2v) is 9.60. The van der Waals surface area contributed by atoms with E-state index in [4.69, 9.17) is 0 Å². The molecule has 0 aliphatic rings. The molecule has 0 atom stereocenters. The molecule has 0 radical (unpaired) electrons. The lowest BCUT2D eigenvalue weighted by Crippen LogP contribution is -2.27. The number of amides is 1. The van der Waals surface area contributed by atoms with Gasteiger partial charge in [0.2, 0.25) is 5.91 Å². The number of likely N-dealkylation sites (N-methyl/N-ethyl adjacent to an activating group) is 1. The first kappa shape index (κ1) is 24.3. The summed E-state index contributed by atoms with van der Waals surface area (Å²) in [5.74, 6) is 0.0823. The van der Waals surface area contributed by atoms with Crippen molar-refractivity contribution in [3.8, 4) is 33.9 Å². The highest BCUT2D eigenvalue weighted by Gasteiger charge is 2.17. The number of imidazole rings is 1. The van der Waals surface area contributed by atoms with E-state index in [1.54, 1.807) is 29.7 Å². The van der Waals surface area contributed by atoms with Crippen LogP contribution in [0.3, 0.4) is 0 Å². The molecule has 6 aromatic rings. The molecule has 10 nitrogen and oxygen atoms in total. The van der Waals surface area contributed by atoms with E-state index in [0.717, 1.165) is 33.2 Å². The minimum Gasteiger partial charge on any atom is -0.335 e. The van der Waals surface area contributed by atoms with Gasteiger partial charge in [0, 0.05) is 28.9 Å². The van der Waals surface area contributed by atoms with Gasteiger partial charge in [0.15, 0.2) is 11.5 Å². The van der Waals surface area contributed by atoms with Gasteiger partial charge in [-0.05, 0) is 62.5 Å². The number of rotatable bonds is 6. The summed E-state index contributed by atoms with van der Waals surface area (Å²) in [5, 5.41) is 11.1. The van der Waals surface area contributed by atoms with E-state index in [2.05, 4.69) is 40.4 Å². The largest absolute Gasteiger partial charge is 0.335 e. The summed E-state index contributed by atoms with van der Waals surface area (Å²) in [6.45, 7) is 2.12. The highest BCUT2D eigenvalue weighted by molar-refractivity contribution is 5.97. The quantitative estimate of drug-likeness (QED) is 0.293. The Morgan fingerprint density at radius 3 is 2.74 bits per heavy atom. The second-order valence-electron chi connectivity index (χ2n) is 9.60. The number of fused-ring (bicyclic) bond motifs is 2. The Labute approximate surface area is 222 Å². The molecular weight excluding hydrogens is 497 g/mol. The third-order valence-corrected chi connectivity index (χ3v) is 6.19.